The summed E-state index contributed by atoms with van der Waals surface area (Å²) in [5.41, 5.74) is -1.42. The Bertz CT molecular complexity index is 1230. The third kappa shape index (κ3) is 3.39. The molecule has 0 aliphatic heterocycles. The van der Waals surface area contributed by atoms with Crippen LogP contribution in [0, 0.1) is 34.1 Å². The maximum Gasteiger partial charge on any atom is 0.342 e. The van der Waals surface area contributed by atoms with Crippen LogP contribution in [0.3, 0.4) is 0 Å². The fourth-order valence-electron chi connectivity index (χ4n) is 2.46. The molecule has 3 rings (SSSR count). The molecule has 0 spiro atoms. The average Bonchev–Trinajstić information content (AvgIpc) is 2.91. The number of aromatic nitrogens is 5. The second-order valence-electron chi connectivity index (χ2n) is 5.51. The van der Waals surface area contributed by atoms with Gasteiger partial charge in [0, 0.05) is 6.07 Å². The van der Waals surface area contributed by atoms with Gasteiger partial charge in [-0.3, -0.25) is 30.0 Å². The highest BCUT2D eigenvalue weighted by Gasteiger charge is 2.24. The van der Waals surface area contributed by atoms with Crippen LogP contribution >= 0.6 is 11.8 Å². The largest absolute Gasteiger partial charge is 0.342 e. The van der Waals surface area contributed by atoms with Crippen LogP contribution in [0.1, 0.15) is 11.4 Å². The highest BCUT2D eigenvalue weighted by Crippen LogP contribution is 2.34. The van der Waals surface area contributed by atoms with E-state index in [1.807, 2.05) is 4.98 Å². The van der Waals surface area contributed by atoms with Crippen molar-refractivity contribution in [2.45, 2.75) is 23.8 Å². The first-order valence-corrected chi connectivity index (χ1v) is 8.37. The second kappa shape index (κ2) is 7.07. The number of benzene rings is 1. The van der Waals surface area contributed by atoms with Gasteiger partial charge in [-0.2, -0.15) is 10.2 Å². The van der Waals surface area contributed by atoms with Crippen LogP contribution in [0.15, 0.2) is 37.7 Å². The summed E-state index contributed by atoms with van der Waals surface area (Å²) in [6.07, 6.45) is 0. The number of nitro groups is 2. The molecular weight excluding hydrogens is 394 g/mol. The van der Waals surface area contributed by atoms with Crippen LogP contribution in [0.5, 0.6) is 0 Å². The summed E-state index contributed by atoms with van der Waals surface area (Å²) in [6, 6.07) is 3.22. The molecule has 0 saturated heterocycles. The van der Waals surface area contributed by atoms with Crippen molar-refractivity contribution in [1.29, 1.82) is 0 Å². The summed E-state index contributed by atoms with van der Waals surface area (Å²) >= 11 is 0.928. The molecule has 2 aromatic heterocycles. The predicted octanol–water partition coefficient (Wildman–Crippen LogP) is 1.23. The van der Waals surface area contributed by atoms with Gasteiger partial charge in [-0.05, 0) is 19.9 Å². The number of nitrogens with zero attached hydrogens (tertiary/aromatic N) is 5. The number of H-pyrrole nitrogens is 2. The van der Waals surface area contributed by atoms with E-state index < -0.39 is 32.5 Å². The molecule has 0 radical (unpaired) electrons. The molecular formula is C14H11N7O6S. The van der Waals surface area contributed by atoms with Crippen LogP contribution in [0.4, 0.5) is 11.4 Å². The Labute approximate surface area is 158 Å². The van der Waals surface area contributed by atoms with E-state index in [1.165, 1.54) is 10.7 Å². The van der Waals surface area contributed by atoms with Crippen LogP contribution < -0.4 is 11.2 Å². The fourth-order valence-corrected chi connectivity index (χ4v) is 3.32. The van der Waals surface area contributed by atoms with Crippen molar-refractivity contribution in [3.05, 3.63) is 70.7 Å². The fraction of sp³-hybridized carbons (Fsp3) is 0.143. The molecule has 28 heavy (non-hydrogen) atoms. The Morgan fingerprint density at radius 1 is 1.14 bits per heavy atom. The molecule has 0 fully saturated rings. The minimum Gasteiger partial charge on any atom is -0.271 e. The van der Waals surface area contributed by atoms with Gasteiger partial charge in [0.1, 0.15) is 5.69 Å². The van der Waals surface area contributed by atoms with Gasteiger partial charge in [0.2, 0.25) is 0 Å². The molecule has 14 heteroatoms. The molecule has 3 aromatic rings. The van der Waals surface area contributed by atoms with Crippen molar-refractivity contribution in [3.63, 3.8) is 0 Å². The van der Waals surface area contributed by atoms with Crippen LogP contribution in [0.25, 0.3) is 5.69 Å². The summed E-state index contributed by atoms with van der Waals surface area (Å²) in [7, 11) is 0. The number of aromatic amines is 2. The lowest BCUT2D eigenvalue weighted by molar-refractivity contribution is -0.394. The molecule has 0 saturated carbocycles. The standard InChI is InChI=1S/C14H11N7O6S/c1-6-11(28-13-12(22)15-14(23)17-16-13)7(2)19(18-6)9-4-3-8(20(24)25)5-10(9)21(26)27/h3-5H,1-2H3,(H2,15,17,22,23). The van der Waals surface area contributed by atoms with E-state index in [0.29, 0.717) is 16.3 Å². The zero-order valence-electron chi connectivity index (χ0n) is 14.3. The molecule has 1 aromatic carbocycles. The minimum atomic E-state index is -0.750. The zero-order valence-corrected chi connectivity index (χ0v) is 15.1. The topological polar surface area (TPSA) is 183 Å². The molecule has 0 amide bonds. The van der Waals surface area contributed by atoms with Gasteiger partial charge in [0.05, 0.1) is 32.2 Å². The lowest BCUT2D eigenvalue weighted by Gasteiger charge is -2.06. The summed E-state index contributed by atoms with van der Waals surface area (Å²) in [6.45, 7) is 3.25. The van der Waals surface area contributed by atoms with Crippen molar-refractivity contribution in [3.8, 4) is 5.69 Å². The summed E-state index contributed by atoms with van der Waals surface area (Å²) in [4.78, 5) is 46.3. The van der Waals surface area contributed by atoms with E-state index in [4.69, 9.17) is 0 Å². The number of hydrogen-bond donors (Lipinski definition) is 2. The van der Waals surface area contributed by atoms with E-state index >= 15 is 0 Å². The first-order valence-electron chi connectivity index (χ1n) is 7.55. The summed E-state index contributed by atoms with van der Waals surface area (Å²) in [5.74, 6) is 0. The molecule has 0 bridgehead atoms. The molecule has 0 aliphatic carbocycles. The third-order valence-corrected chi connectivity index (χ3v) is 4.96. The number of hydrogen-bond acceptors (Lipinski definition) is 9. The van der Waals surface area contributed by atoms with Gasteiger partial charge in [-0.25, -0.2) is 14.6 Å². The van der Waals surface area contributed by atoms with Gasteiger partial charge >= 0.3 is 11.4 Å². The number of aryl methyl sites for hydroxylation is 1. The van der Waals surface area contributed by atoms with Crippen molar-refractivity contribution >= 4 is 23.1 Å². The summed E-state index contributed by atoms with van der Waals surface area (Å²) < 4.78 is 1.26. The van der Waals surface area contributed by atoms with Crippen LogP contribution in [0.2, 0.25) is 0 Å². The van der Waals surface area contributed by atoms with Crippen LogP contribution in [-0.4, -0.2) is 34.8 Å². The van der Waals surface area contributed by atoms with Crippen LogP contribution in [-0.2, 0) is 0 Å². The molecule has 0 aliphatic rings. The highest BCUT2D eigenvalue weighted by atomic mass is 32.2. The number of rotatable bonds is 5. The van der Waals surface area contributed by atoms with Gasteiger partial charge in [0.25, 0.3) is 11.2 Å². The quantitative estimate of drug-likeness (QED) is 0.465. The third-order valence-electron chi connectivity index (χ3n) is 3.70. The molecule has 0 unspecified atom stereocenters. The van der Waals surface area contributed by atoms with Crippen molar-refractivity contribution in [2.75, 3.05) is 0 Å². The number of non-ortho nitro benzene ring substituents is 1. The monoisotopic (exact) mass is 405 g/mol. The normalized spacial score (nSPS) is 10.8. The van der Waals surface area contributed by atoms with Crippen molar-refractivity contribution in [1.82, 2.24) is 25.0 Å². The average molecular weight is 405 g/mol. The Hall–Kier alpha value is -3.81. The SMILES string of the molecule is Cc1nn(-c2ccc([N+](=O)[O-])cc2[N+](=O)[O-])c(C)c1Sc1n[nH]c(=O)[nH]c1=O. The zero-order chi connectivity index (χ0) is 20.6. The minimum absolute atomic E-state index is 0.0337. The Morgan fingerprint density at radius 3 is 2.46 bits per heavy atom. The molecule has 2 heterocycles. The van der Waals surface area contributed by atoms with E-state index in [9.17, 15) is 29.8 Å². The van der Waals surface area contributed by atoms with E-state index in [-0.39, 0.29) is 10.7 Å². The van der Waals surface area contributed by atoms with Crippen molar-refractivity contribution in [2.24, 2.45) is 0 Å². The molecule has 144 valence electrons. The van der Waals surface area contributed by atoms with Gasteiger partial charge in [-0.15, -0.1) is 0 Å². The molecule has 2 N–H and O–H groups in total. The first kappa shape index (κ1) is 19.0. The van der Waals surface area contributed by atoms with Crippen molar-refractivity contribution < 1.29 is 9.85 Å². The lowest BCUT2D eigenvalue weighted by Crippen LogP contribution is -2.24. The Morgan fingerprint density at radius 2 is 1.86 bits per heavy atom. The van der Waals surface area contributed by atoms with Gasteiger partial charge in [-0.1, -0.05) is 11.8 Å². The number of nitro benzene ring substituents is 2. The first-order chi connectivity index (χ1) is 13.2. The highest BCUT2D eigenvalue weighted by molar-refractivity contribution is 7.99. The van der Waals surface area contributed by atoms with E-state index in [1.54, 1.807) is 13.8 Å². The maximum atomic E-state index is 11.8. The van der Waals surface area contributed by atoms with Gasteiger partial charge in [0.15, 0.2) is 5.03 Å². The lowest BCUT2D eigenvalue weighted by atomic mass is 10.2. The predicted molar refractivity (Wildman–Crippen MR) is 95.9 cm³/mol. The second-order valence-corrected chi connectivity index (χ2v) is 6.51. The smallest absolute Gasteiger partial charge is 0.271 e. The number of nitrogens with one attached hydrogen (secondary N) is 2. The Balaban J connectivity index is 2.12. The molecule has 0 atom stereocenters. The molecule has 13 nitrogen and oxygen atoms in total. The maximum absolute atomic E-state index is 11.8. The van der Waals surface area contributed by atoms with Gasteiger partial charge < -0.3 is 0 Å². The van der Waals surface area contributed by atoms with E-state index in [2.05, 4.69) is 15.3 Å². The summed E-state index contributed by atoms with van der Waals surface area (Å²) in [5, 5.41) is 32.3. The Kier molecular flexibility index (Phi) is 4.79. The van der Waals surface area contributed by atoms with E-state index in [0.717, 1.165) is 23.9 Å².